The zero-order chi connectivity index (χ0) is 14.4. The molecule has 2 unspecified atom stereocenters. The van der Waals surface area contributed by atoms with Crippen molar-refractivity contribution in [1.29, 1.82) is 0 Å². The van der Waals surface area contributed by atoms with Gasteiger partial charge in [-0.25, -0.2) is 0 Å². The first-order chi connectivity index (χ1) is 9.75. The van der Waals surface area contributed by atoms with Gasteiger partial charge in [0.15, 0.2) is 0 Å². The maximum absolute atomic E-state index is 5.74. The lowest BCUT2D eigenvalue weighted by atomic mass is 9.82. The van der Waals surface area contributed by atoms with Gasteiger partial charge in [-0.15, -0.1) is 0 Å². The molecule has 1 aliphatic rings. The van der Waals surface area contributed by atoms with Crippen LogP contribution >= 0.6 is 0 Å². The monoisotopic (exact) mass is 281 g/mol. The molecule has 0 radical (unpaired) electrons. The first-order valence-corrected chi connectivity index (χ1v) is 7.92. The van der Waals surface area contributed by atoms with Gasteiger partial charge in [-0.3, -0.25) is 0 Å². The Kier molecular flexibility index (Phi) is 5.54. The largest absolute Gasteiger partial charge is 0.370 e. The molecule has 2 heterocycles. The molecule has 1 aromatic rings. The van der Waals surface area contributed by atoms with Gasteiger partial charge in [0.2, 0.25) is 11.7 Å². The van der Waals surface area contributed by atoms with Crippen molar-refractivity contribution in [2.45, 2.75) is 64.4 Å². The summed E-state index contributed by atoms with van der Waals surface area (Å²) in [5.74, 6) is 1.51. The fourth-order valence-electron chi connectivity index (χ4n) is 3.06. The molecule has 0 bridgehead atoms. The van der Waals surface area contributed by atoms with E-state index in [1.807, 2.05) is 6.92 Å². The number of nitrogens with zero attached hydrogens (tertiary/aromatic N) is 2. The summed E-state index contributed by atoms with van der Waals surface area (Å²) in [5.41, 5.74) is 0.0307. The second kappa shape index (κ2) is 7.18. The third-order valence-electron chi connectivity index (χ3n) is 4.07. The molecule has 0 aliphatic carbocycles. The molecule has 5 heteroatoms. The summed E-state index contributed by atoms with van der Waals surface area (Å²) >= 11 is 0. The van der Waals surface area contributed by atoms with Crippen LogP contribution in [0.4, 0.5) is 0 Å². The molecule has 1 aromatic heterocycles. The van der Waals surface area contributed by atoms with E-state index in [4.69, 9.17) is 9.26 Å². The Morgan fingerprint density at radius 2 is 2.20 bits per heavy atom. The van der Waals surface area contributed by atoms with Gasteiger partial charge in [0.25, 0.3) is 0 Å². The van der Waals surface area contributed by atoms with E-state index in [1.165, 1.54) is 0 Å². The highest BCUT2D eigenvalue weighted by Crippen LogP contribution is 2.35. The van der Waals surface area contributed by atoms with Crippen molar-refractivity contribution in [1.82, 2.24) is 15.5 Å². The highest BCUT2D eigenvalue weighted by atomic mass is 16.5. The summed E-state index contributed by atoms with van der Waals surface area (Å²) in [6.07, 6.45) is 5.26. The van der Waals surface area contributed by atoms with Crippen LogP contribution in [0.15, 0.2) is 4.52 Å². The fraction of sp³-hybridized carbons (Fsp3) is 0.867. The quantitative estimate of drug-likeness (QED) is 0.793. The van der Waals surface area contributed by atoms with Gasteiger partial charge in [0, 0.05) is 13.2 Å². The number of aromatic nitrogens is 2. The van der Waals surface area contributed by atoms with Gasteiger partial charge < -0.3 is 14.6 Å². The predicted molar refractivity (Wildman–Crippen MR) is 77.6 cm³/mol. The van der Waals surface area contributed by atoms with E-state index < -0.39 is 0 Å². The molecule has 1 aliphatic heterocycles. The van der Waals surface area contributed by atoms with Gasteiger partial charge in [0.1, 0.15) is 6.10 Å². The van der Waals surface area contributed by atoms with E-state index in [0.717, 1.165) is 51.1 Å². The van der Waals surface area contributed by atoms with Gasteiger partial charge in [-0.1, -0.05) is 31.8 Å². The molecule has 2 atom stereocenters. The first kappa shape index (κ1) is 15.4. The van der Waals surface area contributed by atoms with Crippen LogP contribution in [-0.4, -0.2) is 29.8 Å². The number of nitrogens with one attached hydrogen (secondary N) is 1. The minimum Gasteiger partial charge on any atom is -0.370 e. The van der Waals surface area contributed by atoms with Gasteiger partial charge >= 0.3 is 0 Å². The topological polar surface area (TPSA) is 60.2 Å². The highest BCUT2D eigenvalue weighted by molar-refractivity contribution is 5.10. The lowest BCUT2D eigenvalue weighted by molar-refractivity contribution is 0.0477. The zero-order valence-electron chi connectivity index (χ0n) is 12.9. The summed E-state index contributed by atoms with van der Waals surface area (Å²) in [7, 11) is 0. The van der Waals surface area contributed by atoms with Crippen LogP contribution in [-0.2, 0) is 10.2 Å². The lowest BCUT2D eigenvalue weighted by Crippen LogP contribution is -2.29. The van der Waals surface area contributed by atoms with E-state index in [0.29, 0.717) is 12.4 Å². The second-order valence-electron chi connectivity index (χ2n) is 5.65. The third kappa shape index (κ3) is 3.20. The molecule has 0 aromatic carbocycles. The van der Waals surface area contributed by atoms with E-state index >= 15 is 0 Å². The zero-order valence-corrected chi connectivity index (χ0v) is 12.9. The average molecular weight is 281 g/mol. The van der Waals surface area contributed by atoms with E-state index in [-0.39, 0.29) is 11.5 Å². The standard InChI is InChI=1S/C15H27N3O2/c1-4-7-12(19-6-3)13-17-14(20-18-13)15(8-5-2)9-10-16-11-15/h12,16H,4-11H2,1-3H3. The van der Waals surface area contributed by atoms with E-state index in [1.54, 1.807) is 0 Å². The highest BCUT2D eigenvalue weighted by Gasteiger charge is 2.40. The van der Waals surface area contributed by atoms with E-state index in [9.17, 15) is 0 Å². The Balaban J connectivity index is 2.17. The van der Waals surface area contributed by atoms with Crippen molar-refractivity contribution >= 4 is 0 Å². The Bertz CT molecular complexity index is 394. The Morgan fingerprint density at radius 1 is 1.35 bits per heavy atom. The van der Waals surface area contributed by atoms with Crippen LogP contribution in [0.2, 0.25) is 0 Å². The van der Waals surface area contributed by atoms with Crippen molar-refractivity contribution in [3.05, 3.63) is 11.7 Å². The second-order valence-corrected chi connectivity index (χ2v) is 5.65. The minimum absolute atomic E-state index is 0.0307. The lowest BCUT2D eigenvalue weighted by Gasteiger charge is -2.22. The van der Waals surface area contributed by atoms with Gasteiger partial charge in [0.05, 0.1) is 5.41 Å². The molecule has 0 spiro atoms. The molecule has 20 heavy (non-hydrogen) atoms. The maximum atomic E-state index is 5.74. The molecule has 5 nitrogen and oxygen atoms in total. The smallest absolute Gasteiger partial charge is 0.234 e. The van der Waals surface area contributed by atoms with Crippen LogP contribution in [0.25, 0.3) is 0 Å². The molecule has 1 N–H and O–H groups in total. The van der Waals surface area contributed by atoms with Crippen LogP contribution in [0.1, 0.15) is 70.7 Å². The van der Waals surface area contributed by atoms with Gasteiger partial charge in [-0.05, 0) is 32.7 Å². The van der Waals surface area contributed by atoms with Crippen molar-refractivity contribution in [3.63, 3.8) is 0 Å². The number of ether oxygens (including phenoxy) is 1. The Labute approximate surface area is 121 Å². The van der Waals surface area contributed by atoms with Crippen molar-refractivity contribution in [2.75, 3.05) is 19.7 Å². The molecule has 0 amide bonds. The average Bonchev–Trinajstić information content (AvgIpc) is 3.08. The van der Waals surface area contributed by atoms with Crippen molar-refractivity contribution < 1.29 is 9.26 Å². The minimum atomic E-state index is -0.0319. The summed E-state index contributed by atoms with van der Waals surface area (Å²) < 4.78 is 11.3. The fourth-order valence-corrected chi connectivity index (χ4v) is 3.06. The van der Waals surface area contributed by atoms with Gasteiger partial charge in [-0.2, -0.15) is 4.98 Å². The summed E-state index contributed by atoms with van der Waals surface area (Å²) in [5, 5.41) is 7.61. The Morgan fingerprint density at radius 3 is 2.80 bits per heavy atom. The van der Waals surface area contributed by atoms with Crippen molar-refractivity contribution in [3.8, 4) is 0 Å². The van der Waals surface area contributed by atoms with Crippen LogP contribution in [0, 0.1) is 0 Å². The first-order valence-electron chi connectivity index (χ1n) is 7.92. The van der Waals surface area contributed by atoms with Crippen LogP contribution < -0.4 is 5.32 Å². The van der Waals surface area contributed by atoms with E-state index in [2.05, 4.69) is 29.3 Å². The predicted octanol–water partition coefficient (Wildman–Crippen LogP) is 2.98. The van der Waals surface area contributed by atoms with Crippen LogP contribution in [0.5, 0.6) is 0 Å². The Hall–Kier alpha value is -0.940. The maximum Gasteiger partial charge on any atom is 0.234 e. The third-order valence-corrected chi connectivity index (χ3v) is 4.07. The number of rotatable bonds is 8. The molecule has 2 rings (SSSR count). The molecule has 114 valence electrons. The molecular formula is C15H27N3O2. The summed E-state index contributed by atoms with van der Waals surface area (Å²) in [4.78, 5) is 4.68. The number of hydrogen-bond acceptors (Lipinski definition) is 5. The molecule has 0 saturated carbocycles. The molecular weight excluding hydrogens is 254 g/mol. The molecule has 1 fully saturated rings. The van der Waals surface area contributed by atoms with Crippen molar-refractivity contribution in [2.24, 2.45) is 0 Å². The SMILES string of the molecule is CCCC(OCC)c1noc(C2(CCC)CCNC2)n1. The molecule has 1 saturated heterocycles. The summed E-state index contributed by atoms with van der Waals surface area (Å²) in [6, 6.07) is 0. The normalized spacial score (nSPS) is 24.1. The summed E-state index contributed by atoms with van der Waals surface area (Å²) in [6.45, 7) is 9.00. The number of hydrogen-bond donors (Lipinski definition) is 1. The van der Waals surface area contributed by atoms with Crippen LogP contribution in [0.3, 0.4) is 0 Å².